The average molecular weight is 460 g/mol. The molecule has 0 bridgehead atoms. The van der Waals surface area contributed by atoms with Gasteiger partial charge in [-0.25, -0.2) is 4.79 Å². The van der Waals surface area contributed by atoms with Gasteiger partial charge in [0.05, 0.1) is 18.4 Å². The summed E-state index contributed by atoms with van der Waals surface area (Å²) < 4.78 is 10.9. The molecule has 1 saturated heterocycles. The molecule has 2 aliphatic rings. The Hall–Kier alpha value is -4.07. The summed E-state index contributed by atoms with van der Waals surface area (Å²) in [7, 11) is 0. The van der Waals surface area contributed by atoms with Crippen molar-refractivity contribution in [1.82, 2.24) is 4.90 Å². The third-order valence-corrected chi connectivity index (χ3v) is 6.49. The van der Waals surface area contributed by atoms with Crippen molar-refractivity contribution in [2.24, 2.45) is 0 Å². The summed E-state index contributed by atoms with van der Waals surface area (Å²) in [5.41, 5.74) is 4.68. The van der Waals surface area contributed by atoms with Gasteiger partial charge in [-0.15, -0.1) is 0 Å². The van der Waals surface area contributed by atoms with E-state index in [9.17, 15) is 14.4 Å². The van der Waals surface area contributed by atoms with Crippen LogP contribution in [0.2, 0.25) is 0 Å². The quantitative estimate of drug-likeness (QED) is 0.551. The van der Waals surface area contributed by atoms with Crippen LogP contribution in [0.15, 0.2) is 65.3 Å². The lowest BCUT2D eigenvalue weighted by molar-refractivity contribution is -0.137. The van der Waals surface area contributed by atoms with Crippen LogP contribution >= 0.6 is 0 Å². The Morgan fingerprint density at radius 3 is 2.38 bits per heavy atom. The van der Waals surface area contributed by atoms with E-state index in [0.717, 1.165) is 28.7 Å². The van der Waals surface area contributed by atoms with Crippen LogP contribution in [0.4, 0.5) is 10.5 Å². The number of carboxylic acids is 1. The molecule has 3 aromatic rings. The molecule has 0 saturated carbocycles. The molecule has 174 valence electrons. The van der Waals surface area contributed by atoms with Gasteiger partial charge in [-0.2, -0.15) is 0 Å². The minimum Gasteiger partial charge on any atom is -0.481 e. The third kappa shape index (κ3) is 4.03. The molecule has 0 spiro atoms. The highest BCUT2D eigenvalue weighted by Crippen LogP contribution is 2.44. The molecule has 1 fully saturated rings. The number of benzene rings is 2. The molecule has 5 rings (SSSR count). The highest BCUT2D eigenvalue weighted by molar-refractivity contribution is 6.00. The summed E-state index contributed by atoms with van der Waals surface area (Å²) in [4.78, 5) is 38.2. The van der Waals surface area contributed by atoms with Crippen LogP contribution in [-0.2, 0) is 9.53 Å². The number of rotatable bonds is 6. The number of amides is 2. The highest BCUT2D eigenvalue weighted by atomic mass is 16.5. The number of hydrogen-bond donors (Lipinski definition) is 2. The van der Waals surface area contributed by atoms with Gasteiger partial charge in [0.15, 0.2) is 0 Å². The standard InChI is InChI=1S/C26H24N2O6/c29-23(30)14-16-6-5-12-28(16)25(31)24-22(11-13-33-24)27-26(32)34-15-21-19-9-3-1-7-17(19)18-8-2-4-10-20(18)21/h1-4,7-11,13,16,21H,5-6,12,14-15H2,(H,27,32)(H,29,30)/t16-/m0/s1. The zero-order valence-electron chi connectivity index (χ0n) is 18.4. The summed E-state index contributed by atoms with van der Waals surface area (Å²) in [5, 5.41) is 11.7. The van der Waals surface area contributed by atoms with Crippen molar-refractivity contribution in [1.29, 1.82) is 0 Å². The number of nitrogens with zero attached hydrogens (tertiary/aromatic N) is 1. The monoisotopic (exact) mass is 460 g/mol. The Balaban J connectivity index is 1.26. The molecule has 1 atom stereocenters. The number of aliphatic carboxylic acids is 1. The van der Waals surface area contributed by atoms with Gasteiger partial charge in [0, 0.05) is 24.6 Å². The maximum atomic E-state index is 13.0. The van der Waals surface area contributed by atoms with Gasteiger partial charge in [0.25, 0.3) is 5.91 Å². The molecule has 8 nitrogen and oxygen atoms in total. The number of fused-ring (bicyclic) bond motifs is 3. The van der Waals surface area contributed by atoms with E-state index in [1.165, 1.54) is 17.2 Å². The Morgan fingerprint density at radius 1 is 1.03 bits per heavy atom. The van der Waals surface area contributed by atoms with E-state index < -0.39 is 24.0 Å². The van der Waals surface area contributed by atoms with Crippen molar-refractivity contribution < 1.29 is 28.6 Å². The minimum atomic E-state index is -0.957. The van der Waals surface area contributed by atoms with Crippen molar-refractivity contribution >= 4 is 23.7 Å². The Morgan fingerprint density at radius 2 is 1.71 bits per heavy atom. The molecule has 2 N–H and O–H groups in total. The number of ether oxygens (including phenoxy) is 1. The van der Waals surface area contributed by atoms with Crippen LogP contribution in [0, 0.1) is 0 Å². The van der Waals surface area contributed by atoms with Crippen LogP contribution in [0.25, 0.3) is 11.1 Å². The maximum absolute atomic E-state index is 13.0. The van der Waals surface area contributed by atoms with Gasteiger partial charge in [-0.1, -0.05) is 48.5 Å². The van der Waals surface area contributed by atoms with Crippen LogP contribution in [-0.4, -0.2) is 47.2 Å². The lowest BCUT2D eigenvalue weighted by Crippen LogP contribution is -2.37. The molecule has 1 aliphatic carbocycles. The fraction of sp³-hybridized carbons (Fsp3) is 0.269. The normalized spacial score (nSPS) is 16.7. The fourth-order valence-electron chi connectivity index (χ4n) is 4.97. The molecule has 2 aromatic carbocycles. The smallest absolute Gasteiger partial charge is 0.411 e. The number of likely N-dealkylation sites (tertiary alicyclic amines) is 1. The lowest BCUT2D eigenvalue weighted by Gasteiger charge is -2.22. The average Bonchev–Trinajstić information content (AvgIpc) is 3.55. The summed E-state index contributed by atoms with van der Waals surface area (Å²) in [6.07, 6.45) is 1.84. The summed E-state index contributed by atoms with van der Waals surface area (Å²) >= 11 is 0. The lowest BCUT2D eigenvalue weighted by atomic mass is 9.98. The Kier molecular flexibility index (Phi) is 5.79. The molecule has 0 radical (unpaired) electrons. The molecule has 0 unspecified atom stereocenters. The molecule has 8 heteroatoms. The highest BCUT2D eigenvalue weighted by Gasteiger charge is 2.34. The van der Waals surface area contributed by atoms with Crippen molar-refractivity contribution in [2.75, 3.05) is 18.5 Å². The number of carboxylic acid groups (broad SMARTS) is 1. The first-order valence-corrected chi connectivity index (χ1v) is 11.2. The van der Waals surface area contributed by atoms with Crippen LogP contribution in [0.3, 0.4) is 0 Å². The van der Waals surface area contributed by atoms with Crippen molar-refractivity contribution in [3.63, 3.8) is 0 Å². The van der Waals surface area contributed by atoms with E-state index in [2.05, 4.69) is 17.4 Å². The third-order valence-electron chi connectivity index (χ3n) is 6.49. The Labute approximate surface area is 196 Å². The second kappa shape index (κ2) is 9.05. The number of hydrogen-bond acceptors (Lipinski definition) is 5. The number of carbonyl (C=O) groups is 3. The maximum Gasteiger partial charge on any atom is 0.411 e. The first-order valence-electron chi connectivity index (χ1n) is 11.2. The van der Waals surface area contributed by atoms with Crippen molar-refractivity contribution in [2.45, 2.75) is 31.2 Å². The van der Waals surface area contributed by atoms with E-state index in [1.807, 2.05) is 36.4 Å². The van der Waals surface area contributed by atoms with Crippen molar-refractivity contribution in [3.8, 4) is 11.1 Å². The van der Waals surface area contributed by atoms with Crippen LogP contribution in [0.1, 0.15) is 46.9 Å². The SMILES string of the molecule is O=C(O)C[C@@H]1CCCN1C(=O)c1occc1NC(=O)OCC1c2ccccc2-c2ccccc21. The molecular formula is C26H24N2O6. The first-order chi connectivity index (χ1) is 16.5. The van der Waals surface area contributed by atoms with Gasteiger partial charge in [0.2, 0.25) is 5.76 Å². The zero-order valence-corrected chi connectivity index (χ0v) is 18.4. The fourth-order valence-corrected chi connectivity index (χ4v) is 4.97. The van der Waals surface area contributed by atoms with E-state index in [4.69, 9.17) is 14.3 Å². The van der Waals surface area contributed by atoms with Gasteiger partial charge in [-0.05, 0) is 35.1 Å². The number of carbonyl (C=O) groups excluding carboxylic acids is 2. The zero-order chi connectivity index (χ0) is 23.7. The Bertz CT molecular complexity index is 1200. The molecule has 34 heavy (non-hydrogen) atoms. The number of furan rings is 1. The van der Waals surface area contributed by atoms with Gasteiger partial charge >= 0.3 is 12.1 Å². The summed E-state index contributed by atoms with van der Waals surface area (Å²) in [6, 6.07) is 17.2. The minimum absolute atomic E-state index is 0.0363. The molecule has 1 aliphatic heterocycles. The van der Waals surface area contributed by atoms with E-state index in [-0.39, 0.29) is 30.4 Å². The molecule has 2 heterocycles. The van der Waals surface area contributed by atoms with Crippen LogP contribution in [0.5, 0.6) is 0 Å². The van der Waals surface area contributed by atoms with Gasteiger partial charge in [-0.3, -0.25) is 14.9 Å². The number of anilines is 1. The molecule has 1 aromatic heterocycles. The van der Waals surface area contributed by atoms with E-state index >= 15 is 0 Å². The van der Waals surface area contributed by atoms with E-state index in [1.54, 1.807) is 0 Å². The topological polar surface area (TPSA) is 109 Å². The van der Waals surface area contributed by atoms with Gasteiger partial charge < -0.3 is 19.2 Å². The molecular weight excluding hydrogens is 436 g/mol. The second-order valence-electron chi connectivity index (χ2n) is 8.51. The predicted molar refractivity (Wildman–Crippen MR) is 124 cm³/mol. The molecule has 2 amide bonds. The van der Waals surface area contributed by atoms with Crippen molar-refractivity contribution in [3.05, 3.63) is 77.7 Å². The van der Waals surface area contributed by atoms with Gasteiger partial charge in [0.1, 0.15) is 6.61 Å². The summed E-state index contributed by atoms with van der Waals surface area (Å²) in [5.74, 6) is -1.51. The van der Waals surface area contributed by atoms with E-state index in [0.29, 0.717) is 13.0 Å². The summed E-state index contributed by atoms with van der Waals surface area (Å²) in [6.45, 7) is 0.593. The largest absolute Gasteiger partial charge is 0.481 e. The first kappa shape index (κ1) is 21.8. The van der Waals surface area contributed by atoms with Crippen LogP contribution < -0.4 is 5.32 Å². The number of nitrogens with one attached hydrogen (secondary N) is 1. The second-order valence-corrected chi connectivity index (χ2v) is 8.51. The predicted octanol–water partition coefficient (Wildman–Crippen LogP) is 4.72.